The Bertz CT molecular complexity index is 728. The van der Waals surface area contributed by atoms with E-state index in [1.54, 1.807) is 0 Å². The fourth-order valence-corrected chi connectivity index (χ4v) is 2.35. The van der Waals surface area contributed by atoms with Gasteiger partial charge < -0.3 is 5.73 Å². The maximum atomic E-state index is 5.72. The van der Waals surface area contributed by atoms with Gasteiger partial charge in [-0.15, -0.1) is 0 Å². The van der Waals surface area contributed by atoms with Crippen LogP contribution in [0.15, 0.2) is 61.1 Å². The average Bonchev–Trinajstić information content (AvgIpc) is 2.97. The van der Waals surface area contributed by atoms with E-state index in [1.807, 2.05) is 24.7 Å². The van der Waals surface area contributed by atoms with Gasteiger partial charge in [-0.05, 0) is 30.7 Å². The minimum Gasteiger partial charge on any atom is -0.326 e. The summed E-state index contributed by atoms with van der Waals surface area (Å²) in [5, 5.41) is 0. The van der Waals surface area contributed by atoms with Crippen LogP contribution in [0.3, 0.4) is 0 Å². The molecular formula is C17H17N3. The lowest BCUT2D eigenvalue weighted by Crippen LogP contribution is -2.00. The number of nitrogens with two attached hydrogens (primary N) is 1. The molecule has 0 radical (unpaired) electrons. The molecule has 0 fully saturated rings. The molecular weight excluding hydrogens is 246 g/mol. The molecule has 100 valence electrons. The first-order valence-electron chi connectivity index (χ1n) is 6.67. The lowest BCUT2D eigenvalue weighted by atomic mass is 10.1. The van der Waals surface area contributed by atoms with Crippen LogP contribution in [-0.4, -0.2) is 9.55 Å². The first-order chi connectivity index (χ1) is 9.78. The maximum absolute atomic E-state index is 5.72. The third-order valence-electron chi connectivity index (χ3n) is 3.38. The SMILES string of the molecule is Cc1cccc(-c2cncn2-c2cccc(CN)c2)c1. The molecule has 0 spiro atoms. The molecule has 20 heavy (non-hydrogen) atoms. The molecule has 0 aliphatic heterocycles. The fourth-order valence-electron chi connectivity index (χ4n) is 2.35. The Hall–Kier alpha value is -2.39. The molecule has 0 saturated heterocycles. The van der Waals surface area contributed by atoms with E-state index < -0.39 is 0 Å². The van der Waals surface area contributed by atoms with E-state index in [9.17, 15) is 0 Å². The van der Waals surface area contributed by atoms with E-state index in [0.29, 0.717) is 6.54 Å². The van der Waals surface area contributed by atoms with Gasteiger partial charge in [0.1, 0.15) is 0 Å². The Morgan fingerprint density at radius 2 is 1.95 bits per heavy atom. The summed E-state index contributed by atoms with van der Waals surface area (Å²) in [7, 11) is 0. The minimum absolute atomic E-state index is 0.544. The molecule has 0 unspecified atom stereocenters. The Morgan fingerprint density at radius 1 is 1.10 bits per heavy atom. The summed E-state index contributed by atoms with van der Waals surface area (Å²) in [6.45, 7) is 2.64. The van der Waals surface area contributed by atoms with Crippen molar-refractivity contribution in [2.45, 2.75) is 13.5 Å². The fraction of sp³-hybridized carbons (Fsp3) is 0.118. The molecule has 0 saturated carbocycles. The zero-order valence-corrected chi connectivity index (χ0v) is 11.5. The van der Waals surface area contributed by atoms with Gasteiger partial charge in [0.05, 0.1) is 18.2 Å². The molecule has 3 rings (SSSR count). The van der Waals surface area contributed by atoms with Gasteiger partial charge in [-0.25, -0.2) is 4.98 Å². The molecule has 2 N–H and O–H groups in total. The number of rotatable bonds is 3. The number of benzene rings is 2. The van der Waals surface area contributed by atoms with Gasteiger partial charge >= 0.3 is 0 Å². The van der Waals surface area contributed by atoms with Crippen LogP contribution < -0.4 is 5.73 Å². The largest absolute Gasteiger partial charge is 0.326 e. The second-order valence-electron chi connectivity index (χ2n) is 4.89. The average molecular weight is 263 g/mol. The summed E-state index contributed by atoms with van der Waals surface area (Å²) in [6, 6.07) is 16.7. The molecule has 0 atom stereocenters. The maximum Gasteiger partial charge on any atom is 0.0997 e. The second kappa shape index (κ2) is 5.31. The highest BCUT2D eigenvalue weighted by Gasteiger charge is 2.07. The molecule has 0 aliphatic carbocycles. The van der Waals surface area contributed by atoms with Crippen molar-refractivity contribution in [1.82, 2.24) is 9.55 Å². The van der Waals surface area contributed by atoms with Gasteiger partial charge in [0, 0.05) is 17.8 Å². The Balaban J connectivity index is 2.10. The van der Waals surface area contributed by atoms with Gasteiger partial charge in [0.25, 0.3) is 0 Å². The van der Waals surface area contributed by atoms with Crippen molar-refractivity contribution in [3.63, 3.8) is 0 Å². The predicted octanol–water partition coefficient (Wildman–Crippen LogP) is 3.31. The first kappa shape index (κ1) is 12.6. The molecule has 0 amide bonds. The van der Waals surface area contributed by atoms with Gasteiger partial charge in [0.15, 0.2) is 0 Å². The van der Waals surface area contributed by atoms with Crippen LogP contribution in [0.2, 0.25) is 0 Å². The zero-order valence-electron chi connectivity index (χ0n) is 11.5. The predicted molar refractivity (Wildman–Crippen MR) is 81.6 cm³/mol. The number of imidazole rings is 1. The van der Waals surface area contributed by atoms with Crippen molar-refractivity contribution < 1.29 is 0 Å². The quantitative estimate of drug-likeness (QED) is 0.788. The first-order valence-corrected chi connectivity index (χ1v) is 6.67. The molecule has 0 bridgehead atoms. The van der Waals surface area contributed by atoms with Crippen molar-refractivity contribution in [3.8, 4) is 16.9 Å². The highest BCUT2D eigenvalue weighted by Crippen LogP contribution is 2.23. The van der Waals surface area contributed by atoms with E-state index >= 15 is 0 Å². The standard InChI is InChI=1S/C17H17N3/c1-13-4-2-6-15(8-13)17-11-19-12-20(17)16-7-3-5-14(9-16)10-18/h2-9,11-12H,10,18H2,1H3. The van der Waals surface area contributed by atoms with Crippen molar-refractivity contribution in [2.24, 2.45) is 5.73 Å². The number of aromatic nitrogens is 2. The van der Waals surface area contributed by atoms with Crippen molar-refractivity contribution in [2.75, 3.05) is 0 Å². The van der Waals surface area contributed by atoms with Crippen LogP contribution in [0.5, 0.6) is 0 Å². The highest BCUT2D eigenvalue weighted by atomic mass is 15.0. The van der Waals surface area contributed by atoms with Crippen molar-refractivity contribution in [1.29, 1.82) is 0 Å². The Labute approximate surface area is 118 Å². The molecule has 1 heterocycles. The topological polar surface area (TPSA) is 43.8 Å². The van der Waals surface area contributed by atoms with Gasteiger partial charge in [0.2, 0.25) is 0 Å². The summed E-state index contributed by atoms with van der Waals surface area (Å²) < 4.78 is 2.09. The normalized spacial score (nSPS) is 10.7. The third kappa shape index (κ3) is 2.36. The number of hydrogen-bond donors (Lipinski definition) is 1. The van der Waals surface area contributed by atoms with Crippen molar-refractivity contribution in [3.05, 3.63) is 72.2 Å². The smallest absolute Gasteiger partial charge is 0.0997 e. The summed E-state index contributed by atoms with van der Waals surface area (Å²) in [5.41, 5.74) is 11.4. The van der Waals surface area contributed by atoms with E-state index in [0.717, 1.165) is 16.9 Å². The number of nitrogens with zero attached hydrogens (tertiary/aromatic N) is 2. The minimum atomic E-state index is 0.544. The van der Waals surface area contributed by atoms with Gasteiger partial charge in [-0.1, -0.05) is 35.9 Å². The molecule has 0 aliphatic rings. The molecule has 3 heteroatoms. The van der Waals surface area contributed by atoms with Crippen LogP contribution in [0.4, 0.5) is 0 Å². The number of aryl methyl sites for hydroxylation is 1. The van der Waals surface area contributed by atoms with E-state index in [-0.39, 0.29) is 0 Å². The monoisotopic (exact) mass is 263 g/mol. The van der Waals surface area contributed by atoms with E-state index in [2.05, 4.69) is 52.9 Å². The van der Waals surface area contributed by atoms with Crippen LogP contribution in [0.25, 0.3) is 16.9 Å². The van der Waals surface area contributed by atoms with Gasteiger partial charge in [-0.3, -0.25) is 4.57 Å². The second-order valence-corrected chi connectivity index (χ2v) is 4.89. The lowest BCUT2D eigenvalue weighted by molar-refractivity contribution is 1.03. The summed E-state index contributed by atoms with van der Waals surface area (Å²) in [4.78, 5) is 4.29. The number of hydrogen-bond acceptors (Lipinski definition) is 2. The van der Waals surface area contributed by atoms with Crippen LogP contribution >= 0.6 is 0 Å². The molecule has 1 aromatic heterocycles. The lowest BCUT2D eigenvalue weighted by Gasteiger charge is -2.10. The summed E-state index contributed by atoms with van der Waals surface area (Å²) in [6.07, 6.45) is 3.73. The summed E-state index contributed by atoms with van der Waals surface area (Å²) in [5.74, 6) is 0. The molecule has 3 aromatic rings. The molecule has 2 aromatic carbocycles. The van der Waals surface area contributed by atoms with E-state index in [4.69, 9.17) is 5.73 Å². The van der Waals surface area contributed by atoms with Crippen molar-refractivity contribution >= 4 is 0 Å². The van der Waals surface area contributed by atoms with Crippen LogP contribution in [0.1, 0.15) is 11.1 Å². The Morgan fingerprint density at radius 3 is 2.75 bits per heavy atom. The van der Waals surface area contributed by atoms with E-state index in [1.165, 1.54) is 11.1 Å². The highest BCUT2D eigenvalue weighted by molar-refractivity contribution is 5.62. The zero-order chi connectivity index (χ0) is 13.9. The van der Waals surface area contributed by atoms with Crippen LogP contribution in [0, 0.1) is 6.92 Å². The Kier molecular flexibility index (Phi) is 3.35. The van der Waals surface area contributed by atoms with Gasteiger partial charge in [-0.2, -0.15) is 0 Å². The summed E-state index contributed by atoms with van der Waals surface area (Å²) >= 11 is 0. The van der Waals surface area contributed by atoms with Crippen LogP contribution in [-0.2, 0) is 6.54 Å². The molecule has 3 nitrogen and oxygen atoms in total. The third-order valence-corrected chi connectivity index (χ3v) is 3.38.